The number of fused-ring (bicyclic) bond motifs is 1. The fourth-order valence-corrected chi connectivity index (χ4v) is 3.09. The Morgan fingerprint density at radius 2 is 2.20 bits per heavy atom. The molecule has 5 nitrogen and oxygen atoms in total. The summed E-state index contributed by atoms with van der Waals surface area (Å²) in [5.41, 5.74) is 2.18. The molecule has 6 heteroatoms. The second kappa shape index (κ2) is 4.72. The van der Waals surface area contributed by atoms with Crippen LogP contribution in [0.25, 0.3) is 15.3 Å². The van der Waals surface area contributed by atoms with E-state index in [1.807, 2.05) is 38.1 Å². The van der Waals surface area contributed by atoms with E-state index in [0.29, 0.717) is 28.5 Å². The lowest BCUT2D eigenvalue weighted by molar-refractivity contribution is 0.829. The molecular weight excluding hydrogens is 272 g/mol. The van der Waals surface area contributed by atoms with E-state index in [-0.39, 0.29) is 5.56 Å². The van der Waals surface area contributed by atoms with Crippen molar-refractivity contribution >= 4 is 27.3 Å². The summed E-state index contributed by atoms with van der Waals surface area (Å²) in [7, 11) is 0. The minimum Gasteiger partial charge on any atom is -0.304 e. The number of hydrogen-bond donors (Lipinski definition) is 2. The molecule has 2 aromatic heterocycles. The van der Waals surface area contributed by atoms with Crippen molar-refractivity contribution in [2.45, 2.75) is 20.3 Å². The minimum atomic E-state index is -0.201. The largest absolute Gasteiger partial charge is 0.304 e. The molecule has 0 unspecified atom stereocenters. The first-order valence-corrected chi connectivity index (χ1v) is 7.18. The molecule has 0 amide bonds. The lowest BCUT2D eigenvalue weighted by Crippen LogP contribution is -2.19. The van der Waals surface area contributed by atoms with Crippen molar-refractivity contribution in [2.24, 2.45) is 0 Å². The van der Waals surface area contributed by atoms with Crippen LogP contribution in [0.5, 0.6) is 0 Å². The molecule has 0 aliphatic heterocycles. The number of rotatable bonds is 3. The van der Waals surface area contributed by atoms with Gasteiger partial charge in [-0.3, -0.25) is 9.89 Å². The first-order valence-electron chi connectivity index (χ1n) is 6.37. The highest BCUT2D eigenvalue weighted by Crippen LogP contribution is 2.23. The third kappa shape index (κ3) is 1.89. The van der Waals surface area contributed by atoms with E-state index in [9.17, 15) is 4.79 Å². The molecule has 0 spiro atoms. The Morgan fingerprint density at radius 3 is 2.90 bits per heavy atom. The molecule has 102 valence electrons. The molecule has 0 saturated heterocycles. The quantitative estimate of drug-likeness (QED) is 0.726. The Hall–Kier alpha value is -2.21. The van der Waals surface area contributed by atoms with Gasteiger partial charge in [0.05, 0.1) is 15.8 Å². The highest BCUT2D eigenvalue weighted by molar-refractivity contribution is 7.20. The number of thiazole rings is 1. The standard InChI is InChI=1S/C14H14N4OS/c1-3-9(15)12-8(2)17-18(13(12)19)14-16-10-6-4-5-7-11(10)20-14/h4-7,15,17H,3H2,1-2H3. The summed E-state index contributed by atoms with van der Waals surface area (Å²) in [5.74, 6) is 0. The Bertz CT molecular complexity index is 823. The molecule has 0 radical (unpaired) electrons. The number of nitrogens with zero attached hydrogens (tertiary/aromatic N) is 2. The average Bonchev–Trinajstić information content (AvgIpc) is 2.99. The molecule has 3 rings (SSSR count). The number of aryl methyl sites for hydroxylation is 1. The van der Waals surface area contributed by atoms with Crippen LogP contribution in [-0.4, -0.2) is 20.5 Å². The Balaban J connectivity index is 2.20. The van der Waals surface area contributed by atoms with E-state index in [2.05, 4.69) is 10.1 Å². The molecular formula is C14H14N4OS. The molecule has 0 aliphatic carbocycles. The van der Waals surface area contributed by atoms with Gasteiger partial charge in [0.2, 0.25) is 5.13 Å². The normalized spacial score (nSPS) is 11.1. The second-order valence-corrected chi connectivity index (χ2v) is 5.56. The zero-order chi connectivity index (χ0) is 14.3. The van der Waals surface area contributed by atoms with Gasteiger partial charge in [-0.25, -0.2) is 4.98 Å². The maximum absolute atomic E-state index is 12.4. The topological polar surface area (TPSA) is 74.5 Å². The maximum Gasteiger partial charge on any atom is 0.282 e. The summed E-state index contributed by atoms with van der Waals surface area (Å²) in [5, 5.41) is 11.5. The van der Waals surface area contributed by atoms with Gasteiger partial charge in [-0.1, -0.05) is 30.4 Å². The monoisotopic (exact) mass is 286 g/mol. The molecule has 2 heterocycles. The summed E-state index contributed by atoms with van der Waals surface area (Å²) < 4.78 is 2.47. The fraction of sp³-hybridized carbons (Fsp3) is 0.214. The van der Waals surface area contributed by atoms with Gasteiger partial charge in [0.15, 0.2) is 0 Å². The van der Waals surface area contributed by atoms with Crippen LogP contribution in [0.1, 0.15) is 24.6 Å². The van der Waals surface area contributed by atoms with Crippen LogP contribution in [0, 0.1) is 12.3 Å². The number of para-hydroxylation sites is 1. The van der Waals surface area contributed by atoms with Crippen LogP contribution in [0.2, 0.25) is 0 Å². The average molecular weight is 286 g/mol. The molecule has 0 atom stereocenters. The highest BCUT2D eigenvalue weighted by Gasteiger charge is 2.17. The lowest BCUT2D eigenvalue weighted by Gasteiger charge is -1.94. The summed E-state index contributed by atoms with van der Waals surface area (Å²) in [4.78, 5) is 16.9. The first-order chi connectivity index (χ1) is 9.61. The van der Waals surface area contributed by atoms with E-state index in [0.717, 1.165) is 10.2 Å². The van der Waals surface area contributed by atoms with E-state index in [1.54, 1.807) is 0 Å². The van der Waals surface area contributed by atoms with Crippen molar-refractivity contribution in [3.8, 4) is 5.13 Å². The van der Waals surface area contributed by atoms with Crippen molar-refractivity contribution in [3.05, 3.63) is 45.9 Å². The van der Waals surface area contributed by atoms with Crippen LogP contribution >= 0.6 is 11.3 Å². The predicted molar refractivity (Wildman–Crippen MR) is 81.4 cm³/mol. The van der Waals surface area contributed by atoms with Crippen LogP contribution in [0.15, 0.2) is 29.1 Å². The van der Waals surface area contributed by atoms with Gasteiger partial charge in [-0.2, -0.15) is 4.68 Å². The van der Waals surface area contributed by atoms with E-state index in [4.69, 9.17) is 5.41 Å². The van der Waals surface area contributed by atoms with Gasteiger partial charge in [0, 0.05) is 11.4 Å². The first kappa shape index (κ1) is 12.8. The molecule has 2 N–H and O–H groups in total. The summed E-state index contributed by atoms with van der Waals surface area (Å²) in [6, 6.07) is 7.77. The zero-order valence-electron chi connectivity index (χ0n) is 11.2. The van der Waals surface area contributed by atoms with Crippen LogP contribution in [0.3, 0.4) is 0 Å². The third-order valence-electron chi connectivity index (χ3n) is 3.20. The second-order valence-electron chi connectivity index (χ2n) is 4.55. The van der Waals surface area contributed by atoms with Gasteiger partial charge < -0.3 is 5.41 Å². The van der Waals surface area contributed by atoms with Crippen LogP contribution in [0.4, 0.5) is 0 Å². The van der Waals surface area contributed by atoms with Crippen molar-refractivity contribution in [3.63, 3.8) is 0 Å². The number of aromatic amines is 1. The lowest BCUT2D eigenvalue weighted by atomic mass is 10.1. The Labute approximate surface area is 119 Å². The summed E-state index contributed by atoms with van der Waals surface area (Å²) >= 11 is 1.46. The molecule has 0 aliphatic rings. The van der Waals surface area contributed by atoms with Crippen molar-refractivity contribution in [2.75, 3.05) is 0 Å². The van der Waals surface area contributed by atoms with Crippen LogP contribution in [-0.2, 0) is 0 Å². The van der Waals surface area contributed by atoms with Gasteiger partial charge in [0.25, 0.3) is 5.56 Å². The summed E-state index contributed by atoms with van der Waals surface area (Å²) in [6.45, 7) is 3.68. The van der Waals surface area contributed by atoms with Gasteiger partial charge in [0.1, 0.15) is 0 Å². The smallest absolute Gasteiger partial charge is 0.282 e. The molecule has 1 aromatic carbocycles. The zero-order valence-corrected chi connectivity index (χ0v) is 12.0. The van der Waals surface area contributed by atoms with Gasteiger partial charge in [-0.15, -0.1) is 0 Å². The SMILES string of the molecule is CCC(=N)c1c(C)[nH]n(-c2nc3ccccc3s2)c1=O. The number of benzene rings is 1. The molecule has 0 saturated carbocycles. The molecule has 3 aromatic rings. The predicted octanol–water partition coefficient (Wildman–Crippen LogP) is 2.86. The number of aromatic nitrogens is 3. The Kier molecular flexibility index (Phi) is 3.02. The van der Waals surface area contributed by atoms with Gasteiger partial charge >= 0.3 is 0 Å². The fourth-order valence-electron chi connectivity index (χ4n) is 2.17. The van der Waals surface area contributed by atoms with E-state index in [1.165, 1.54) is 16.0 Å². The van der Waals surface area contributed by atoms with Crippen molar-refractivity contribution in [1.82, 2.24) is 14.8 Å². The number of nitrogens with one attached hydrogen (secondary N) is 2. The maximum atomic E-state index is 12.4. The third-order valence-corrected chi connectivity index (χ3v) is 4.22. The van der Waals surface area contributed by atoms with Crippen molar-refractivity contribution in [1.29, 1.82) is 5.41 Å². The number of hydrogen-bond acceptors (Lipinski definition) is 4. The molecule has 20 heavy (non-hydrogen) atoms. The summed E-state index contributed by atoms with van der Waals surface area (Å²) in [6.07, 6.45) is 0.535. The van der Waals surface area contributed by atoms with Gasteiger partial charge in [-0.05, 0) is 25.5 Å². The van der Waals surface area contributed by atoms with E-state index < -0.39 is 0 Å². The minimum absolute atomic E-state index is 0.201. The van der Waals surface area contributed by atoms with E-state index >= 15 is 0 Å². The molecule has 0 fully saturated rings. The Morgan fingerprint density at radius 1 is 1.45 bits per heavy atom. The van der Waals surface area contributed by atoms with Crippen LogP contribution < -0.4 is 5.56 Å². The van der Waals surface area contributed by atoms with Crippen molar-refractivity contribution < 1.29 is 0 Å². The highest BCUT2D eigenvalue weighted by atomic mass is 32.1. The number of H-pyrrole nitrogens is 1. The molecule has 0 bridgehead atoms.